The first-order valence-corrected chi connectivity index (χ1v) is 6.25. The van der Waals surface area contributed by atoms with Crippen LogP contribution in [-0.4, -0.2) is 20.4 Å². The van der Waals surface area contributed by atoms with Gasteiger partial charge in [0.2, 0.25) is 0 Å². The molecule has 2 aromatic rings. The van der Waals surface area contributed by atoms with Crippen LogP contribution in [0.1, 0.15) is 16.2 Å². The number of anilines is 1. The van der Waals surface area contributed by atoms with Crippen molar-refractivity contribution in [2.75, 3.05) is 5.73 Å². The maximum Gasteiger partial charge on any atom is 0.294 e. The van der Waals surface area contributed by atoms with E-state index in [2.05, 4.69) is 10.3 Å². The van der Waals surface area contributed by atoms with E-state index in [-0.39, 0.29) is 22.8 Å². The van der Waals surface area contributed by atoms with E-state index in [1.807, 2.05) is 0 Å². The monoisotopic (exact) mass is 309 g/mol. The molecule has 0 fully saturated rings. The second kappa shape index (κ2) is 5.80. The molecule has 1 heterocycles. The quantitative estimate of drug-likeness (QED) is 0.504. The van der Waals surface area contributed by atoms with Crippen molar-refractivity contribution in [2.45, 2.75) is 6.54 Å². The summed E-state index contributed by atoms with van der Waals surface area (Å²) in [7, 11) is 1.79. The van der Waals surface area contributed by atoms with Crippen LogP contribution in [0.15, 0.2) is 24.5 Å². The van der Waals surface area contributed by atoms with Crippen molar-refractivity contribution < 1.29 is 9.72 Å². The topological polar surface area (TPSA) is 116 Å². The standard InChI is InChI=1S/C12H12ClN5O3/c1-17-3-2-15-10(17)6-16-12(19)7-4-8(13)11(14)9(5-7)18(20)21/h2-5H,6,14H2,1H3,(H,16,19). The Morgan fingerprint density at radius 3 is 2.86 bits per heavy atom. The van der Waals surface area contributed by atoms with Crippen LogP contribution in [-0.2, 0) is 13.6 Å². The number of aryl methyl sites for hydroxylation is 1. The number of hydrogen-bond acceptors (Lipinski definition) is 5. The number of carbonyl (C=O) groups excluding carboxylic acids is 1. The van der Waals surface area contributed by atoms with Gasteiger partial charge in [0.1, 0.15) is 11.5 Å². The Bertz CT molecular complexity index is 713. The van der Waals surface area contributed by atoms with Crippen molar-refractivity contribution in [1.29, 1.82) is 0 Å². The lowest BCUT2D eigenvalue weighted by molar-refractivity contribution is -0.383. The van der Waals surface area contributed by atoms with E-state index in [0.29, 0.717) is 5.82 Å². The van der Waals surface area contributed by atoms with Crippen molar-refractivity contribution in [3.05, 3.63) is 51.1 Å². The molecule has 1 amide bonds. The summed E-state index contributed by atoms with van der Waals surface area (Å²) in [5.74, 6) is 0.155. The first-order chi connectivity index (χ1) is 9.90. The third-order valence-electron chi connectivity index (χ3n) is 2.89. The summed E-state index contributed by atoms with van der Waals surface area (Å²) in [6.45, 7) is 0.193. The van der Waals surface area contributed by atoms with Crippen molar-refractivity contribution in [2.24, 2.45) is 7.05 Å². The van der Waals surface area contributed by atoms with E-state index in [1.54, 1.807) is 24.0 Å². The molecular weight excluding hydrogens is 298 g/mol. The lowest BCUT2D eigenvalue weighted by Gasteiger charge is -2.07. The second-order valence-electron chi connectivity index (χ2n) is 4.29. The van der Waals surface area contributed by atoms with Crippen LogP contribution in [0.5, 0.6) is 0 Å². The molecule has 3 N–H and O–H groups in total. The highest BCUT2D eigenvalue weighted by atomic mass is 35.5. The van der Waals surface area contributed by atoms with Crippen molar-refractivity contribution >= 4 is 28.9 Å². The van der Waals surface area contributed by atoms with Crippen LogP contribution in [0.4, 0.5) is 11.4 Å². The van der Waals surface area contributed by atoms with Gasteiger partial charge >= 0.3 is 0 Å². The van der Waals surface area contributed by atoms with Gasteiger partial charge in [-0.25, -0.2) is 4.98 Å². The number of halogens is 1. The summed E-state index contributed by atoms with van der Waals surface area (Å²) in [5, 5.41) is 13.4. The van der Waals surface area contributed by atoms with Crippen LogP contribution in [0.3, 0.4) is 0 Å². The van der Waals surface area contributed by atoms with E-state index in [0.717, 1.165) is 6.07 Å². The van der Waals surface area contributed by atoms with Crippen LogP contribution in [0.2, 0.25) is 5.02 Å². The largest absolute Gasteiger partial charge is 0.392 e. The van der Waals surface area contributed by atoms with Gasteiger partial charge < -0.3 is 15.6 Å². The molecule has 1 aromatic carbocycles. The highest BCUT2D eigenvalue weighted by molar-refractivity contribution is 6.34. The predicted molar refractivity (Wildman–Crippen MR) is 76.9 cm³/mol. The number of nitrogen functional groups attached to an aromatic ring is 1. The van der Waals surface area contributed by atoms with Gasteiger partial charge in [0.05, 0.1) is 16.5 Å². The van der Waals surface area contributed by atoms with Gasteiger partial charge in [-0.15, -0.1) is 0 Å². The number of nitro groups is 1. The van der Waals surface area contributed by atoms with Gasteiger partial charge in [-0.3, -0.25) is 14.9 Å². The Balaban J connectivity index is 2.20. The predicted octanol–water partition coefficient (Wildman–Crippen LogP) is 1.49. The molecule has 0 bridgehead atoms. The smallest absolute Gasteiger partial charge is 0.294 e. The number of nitrogens with one attached hydrogen (secondary N) is 1. The molecular formula is C12H12ClN5O3. The Hall–Kier alpha value is -2.61. The number of benzene rings is 1. The van der Waals surface area contributed by atoms with Crippen molar-refractivity contribution in [1.82, 2.24) is 14.9 Å². The number of hydrogen-bond donors (Lipinski definition) is 2. The molecule has 0 aliphatic carbocycles. The average molecular weight is 310 g/mol. The Morgan fingerprint density at radius 1 is 1.57 bits per heavy atom. The Labute approximate surface area is 124 Å². The van der Waals surface area contributed by atoms with Crippen molar-refractivity contribution in [3.63, 3.8) is 0 Å². The molecule has 0 spiro atoms. The fourth-order valence-corrected chi connectivity index (χ4v) is 1.93. The number of nitrogens with zero attached hydrogens (tertiary/aromatic N) is 3. The van der Waals surface area contributed by atoms with Crippen LogP contribution in [0, 0.1) is 10.1 Å². The minimum atomic E-state index is -0.684. The fraction of sp³-hybridized carbons (Fsp3) is 0.167. The van der Waals surface area contributed by atoms with Gasteiger partial charge in [-0.2, -0.15) is 0 Å². The molecule has 0 aliphatic rings. The molecule has 0 aliphatic heterocycles. The van der Waals surface area contributed by atoms with Gasteiger partial charge in [0.15, 0.2) is 0 Å². The first-order valence-electron chi connectivity index (χ1n) is 5.88. The maximum absolute atomic E-state index is 12.0. The highest BCUT2D eigenvalue weighted by Crippen LogP contribution is 2.30. The molecule has 110 valence electrons. The molecule has 0 radical (unpaired) electrons. The summed E-state index contributed by atoms with van der Waals surface area (Å²) in [6.07, 6.45) is 3.35. The number of rotatable bonds is 4. The second-order valence-corrected chi connectivity index (χ2v) is 4.69. The molecule has 0 atom stereocenters. The van der Waals surface area contributed by atoms with E-state index in [1.165, 1.54) is 6.07 Å². The molecule has 9 heteroatoms. The SMILES string of the molecule is Cn1ccnc1CNC(=O)c1cc(Cl)c(N)c([N+](=O)[O-])c1. The molecule has 2 rings (SSSR count). The number of imidazole rings is 1. The van der Waals surface area contributed by atoms with Crippen LogP contribution in [0.25, 0.3) is 0 Å². The lowest BCUT2D eigenvalue weighted by Crippen LogP contribution is -2.24. The van der Waals surface area contributed by atoms with Crippen LogP contribution < -0.4 is 11.1 Å². The summed E-state index contributed by atoms with van der Waals surface area (Å²) >= 11 is 5.81. The maximum atomic E-state index is 12.0. The minimum absolute atomic E-state index is 0.0358. The van der Waals surface area contributed by atoms with E-state index in [4.69, 9.17) is 17.3 Å². The highest BCUT2D eigenvalue weighted by Gasteiger charge is 2.19. The zero-order chi connectivity index (χ0) is 15.6. The Morgan fingerprint density at radius 2 is 2.29 bits per heavy atom. The molecule has 21 heavy (non-hydrogen) atoms. The fourth-order valence-electron chi connectivity index (χ4n) is 1.71. The number of amides is 1. The third-order valence-corrected chi connectivity index (χ3v) is 3.21. The number of nitro benzene ring substituents is 1. The van der Waals surface area contributed by atoms with E-state index in [9.17, 15) is 14.9 Å². The summed E-state index contributed by atoms with van der Waals surface area (Å²) in [4.78, 5) is 26.2. The molecule has 0 unspecified atom stereocenters. The number of carbonyl (C=O) groups is 1. The lowest BCUT2D eigenvalue weighted by atomic mass is 10.1. The van der Waals surface area contributed by atoms with E-state index >= 15 is 0 Å². The van der Waals surface area contributed by atoms with E-state index < -0.39 is 16.5 Å². The van der Waals surface area contributed by atoms with Gasteiger partial charge in [-0.05, 0) is 6.07 Å². The summed E-state index contributed by atoms with van der Waals surface area (Å²) in [5.41, 5.74) is 5.01. The zero-order valence-corrected chi connectivity index (χ0v) is 11.8. The molecule has 8 nitrogen and oxygen atoms in total. The summed E-state index contributed by atoms with van der Waals surface area (Å²) < 4.78 is 1.75. The van der Waals surface area contributed by atoms with Gasteiger partial charge in [0, 0.05) is 31.1 Å². The van der Waals surface area contributed by atoms with Gasteiger partial charge in [0.25, 0.3) is 11.6 Å². The zero-order valence-electron chi connectivity index (χ0n) is 11.0. The van der Waals surface area contributed by atoms with Crippen molar-refractivity contribution in [3.8, 4) is 0 Å². The normalized spacial score (nSPS) is 10.4. The summed E-state index contributed by atoms with van der Waals surface area (Å²) in [6, 6.07) is 2.38. The van der Waals surface area contributed by atoms with Gasteiger partial charge in [-0.1, -0.05) is 11.6 Å². The molecule has 0 saturated heterocycles. The third kappa shape index (κ3) is 3.11. The molecule has 0 saturated carbocycles. The number of nitrogens with two attached hydrogens (primary N) is 1. The average Bonchev–Trinajstić information content (AvgIpc) is 2.84. The Kier molecular flexibility index (Phi) is 4.08. The molecule has 1 aromatic heterocycles. The van der Waals surface area contributed by atoms with Crippen LogP contribution >= 0.6 is 11.6 Å². The first kappa shape index (κ1) is 14.8. The number of aromatic nitrogens is 2. The minimum Gasteiger partial charge on any atom is -0.392 e.